The van der Waals surface area contributed by atoms with Crippen molar-refractivity contribution >= 4 is 28.7 Å². The standard InChI is InChI=1S/C19H16F3N3OS/c20-19(21,22)27-13-9-7-12(8-10-13)18(26)25-11-3-6-16(25)17-23-14-4-1-2-5-15(14)24-17/h1-2,4-5,7-10,16H,3,6,11H2,(H,23,24)/t16-/m0/s1. The van der Waals surface area contributed by atoms with Crippen molar-refractivity contribution in [2.24, 2.45) is 0 Å². The number of rotatable bonds is 3. The van der Waals surface area contributed by atoms with E-state index in [2.05, 4.69) is 9.97 Å². The molecule has 1 N–H and O–H groups in total. The lowest BCUT2D eigenvalue weighted by molar-refractivity contribution is -0.0328. The van der Waals surface area contributed by atoms with Gasteiger partial charge in [0.25, 0.3) is 5.91 Å². The Labute approximate surface area is 157 Å². The third-order valence-corrected chi connectivity index (χ3v) is 5.31. The number of benzene rings is 2. The molecule has 3 aromatic rings. The number of alkyl halides is 3. The molecule has 0 aliphatic carbocycles. The first kappa shape index (κ1) is 17.9. The maximum Gasteiger partial charge on any atom is 0.446 e. The van der Waals surface area contributed by atoms with Crippen LogP contribution in [0.25, 0.3) is 11.0 Å². The Morgan fingerprint density at radius 2 is 1.89 bits per heavy atom. The largest absolute Gasteiger partial charge is 0.446 e. The molecule has 2 aromatic carbocycles. The smallest absolute Gasteiger partial charge is 0.340 e. The van der Waals surface area contributed by atoms with Crippen LogP contribution in [0.2, 0.25) is 0 Å². The van der Waals surface area contributed by atoms with Gasteiger partial charge in [-0.15, -0.1) is 0 Å². The van der Waals surface area contributed by atoms with Crippen molar-refractivity contribution in [1.29, 1.82) is 0 Å². The van der Waals surface area contributed by atoms with Gasteiger partial charge in [-0.2, -0.15) is 13.2 Å². The number of nitrogens with one attached hydrogen (secondary N) is 1. The van der Waals surface area contributed by atoms with E-state index >= 15 is 0 Å². The molecule has 1 atom stereocenters. The average Bonchev–Trinajstić information content (AvgIpc) is 3.27. The highest BCUT2D eigenvalue weighted by atomic mass is 32.2. The van der Waals surface area contributed by atoms with Gasteiger partial charge in [0.05, 0.1) is 17.1 Å². The van der Waals surface area contributed by atoms with E-state index in [9.17, 15) is 18.0 Å². The molecular formula is C19H16F3N3OS. The summed E-state index contributed by atoms with van der Waals surface area (Å²) in [6.45, 7) is 0.597. The van der Waals surface area contributed by atoms with Gasteiger partial charge in [-0.25, -0.2) is 4.98 Å². The Kier molecular flexibility index (Phi) is 4.59. The highest BCUT2D eigenvalue weighted by Crippen LogP contribution is 2.37. The lowest BCUT2D eigenvalue weighted by atomic mass is 10.1. The predicted octanol–water partition coefficient (Wildman–Crippen LogP) is 5.15. The Balaban J connectivity index is 1.55. The number of imidazole rings is 1. The van der Waals surface area contributed by atoms with E-state index in [-0.39, 0.29) is 28.6 Å². The molecule has 1 aromatic heterocycles. The summed E-state index contributed by atoms with van der Waals surface area (Å²) >= 11 is -0.187. The average molecular weight is 391 g/mol. The van der Waals surface area contributed by atoms with Crippen LogP contribution < -0.4 is 0 Å². The first-order chi connectivity index (χ1) is 12.9. The quantitative estimate of drug-likeness (QED) is 0.628. The number of nitrogens with zero attached hydrogens (tertiary/aromatic N) is 2. The van der Waals surface area contributed by atoms with Crippen LogP contribution in [0.3, 0.4) is 0 Å². The van der Waals surface area contributed by atoms with Gasteiger partial charge in [0.1, 0.15) is 5.82 Å². The molecule has 2 heterocycles. The minimum absolute atomic E-state index is 0.0642. The van der Waals surface area contributed by atoms with Crippen LogP contribution in [0.1, 0.15) is 35.1 Å². The van der Waals surface area contributed by atoms with Crippen LogP contribution in [0, 0.1) is 0 Å². The van der Waals surface area contributed by atoms with Crippen LogP contribution in [0.4, 0.5) is 13.2 Å². The van der Waals surface area contributed by atoms with E-state index in [0.717, 1.165) is 29.7 Å². The molecule has 1 aliphatic heterocycles. The first-order valence-corrected chi connectivity index (χ1v) is 9.34. The van der Waals surface area contributed by atoms with Crippen molar-refractivity contribution in [1.82, 2.24) is 14.9 Å². The summed E-state index contributed by atoms with van der Waals surface area (Å²) in [5.41, 5.74) is -2.20. The topological polar surface area (TPSA) is 49.0 Å². The van der Waals surface area contributed by atoms with Crippen LogP contribution >= 0.6 is 11.8 Å². The van der Waals surface area contributed by atoms with Gasteiger partial charge in [-0.05, 0) is 61.0 Å². The summed E-state index contributed by atoms with van der Waals surface area (Å²) in [7, 11) is 0. The molecule has 0 unspecified atom stereocenters. The molecule has 1 amide bonds. The fraction of sp³-hybridized carbons (Fsp3) is 0.263. The van der Waals surface area contributed by atoms with Crippen LogP contribution in [-0.2, 0) is 0 Å². The Morgan fingerprint density at radius 1 is 1.15 bits per heavy atom. The molecule has 0 spiro atoms. The molecular weight excluding hydrogens is 375 g/mol. The zero-order chi connectivity index (χ0) is 19.0. The number of H-pyrrole nitrogens is 1. The first-order valence-electron chi connectivity index (χ1n) is 8.52. The number of para-hydroxylation sites is 2. The number of carbonyl (C=O) groups is 1. The van der Waals surface area contributed by atoms with E-state index in [0.29, 0.717) is 12.1 Å². The van der Waals surface area contributed by atoms with E-state index in [4.69, 9.17) is 0 Å². The summed E-state index contributed by atoms with van der Waals surface area (Å²) in [6.07, 6.45) is 1.66. The summed E-state index contributed by atoms with van der Waals surface area (Å²) < 4.78 is 37.4. The number of aromatic amines is 1. The van der Waals surface area contributed by atoms with Crippen LogP contribution in [0.5, 0.6) is 0 Å². The van der Waals surface area contributed by atoms with E-state index in [1.54, 1.807) is 4.90 Å². The second-order valence-corrected chi connectivity index (χ2v) is 7.51. The zero-order valence-corrected chi connectivity index (χ0v) is 15.0. The molecule has 27 heavy (non-hydrogen) atoms. The van der Waals surface area contributed by atoms with E-state index in [1.165, 1.54) is 24.3 Å². The molecule has 140 valence electrons. The van der Waals surface area contributed by atoms with E-state index in [1.807, 2.05) is 24.3 Å². The van der Waals surface area contributed by atoms with Crippen LogP contribution in [-0.4, -0.2) is 32.8 Å². The lowest BCUT2D eigenvalue weighted by Crippen LogP contribution is -2.31. The number of likely N-dealkylation sites (tertiary alicyclic amines) is 1. The van der Waals surface area contributed by atoms with Gasteiger partial charge in [0, 0.05) is 17.0 Å². The minimum Gasteiger partial charge on any atom is -0.340 e. The lowest BCUT2D eigenvalue weighted by Gasteiger charge is -2.23. The van der Waals surface area contributed by atoms with Crippen molar-refractivity contribution in [3.63, 3.8) is 0 Å². The monoisotopic (exact) mass is 391 g/mol. The highest BCUT2D eigenvalue weighted by Gasteiger charge is 2.33. The Hall–Kier alpha value is -2.48. The van der Waals surface area contributed by atoms with Gasteiger partial charge >= 0.3 is 5.51 Å². The molecule has 1 aliphatic rings. The second kappa shape index (κ2) is 6.92. The maximum atomic E-state index is 12.9. The van der Waals surface area contributed by atoms with Crippen molar-refractivity contribution in [2.75, 3.05) is 6.54 Å². The molecule has 0 bridgehead atoms. The van der Waals surface area contributed by atoms with Crippen molar-refractivity contribution in [3.05, 3.63) is 59.9 Å². The zero-order valence-electron chi connectivity index (χ0n) is 14.2. The fourth-order valence-electron chi connectivity index (χ4n) is 3.39. The van der Waals surface area contributed by atoms with Gasteiger partial charge in [0.15, 0.2) is 0 Å². The summed E-state index contributed by atoms with van der Waals surface area (Å²) in [5, 5.41) is 0. The normalized spacial score (nSPS) is 17.6. The predicted molar refractivity (Wildman–Crippen MR) is 97.5 cm³/mol. The fourth-order valence-corrected chi connectivity index (χ4v) is 3.93. The number of amides is 1. The molecule has 4 nitrogen and oxygen atoms in total. The molecule has 1 fully saturated rings. The van der Waals surface area contributed by atoms with Gasteiger partial charge in [-0.3, -0.25) is 4.79 Å². The van der Waals surface area contributed by atoms with Gasteiger partial charge in [-0.1, -0.05) is 12.1 Å². The summed E-state index contributed by atoms with van der Waals surface area (Å²) in [5.74, 6) is 0.549. The number of halogens is 3. The van der Waals surface area contributed by atoms with Gasteiger partial charge < -0.3 is 9.88 Å². The van der Waals surface area contributed by atoms with Crippen molar-refractivity contribution in [3.8, 4) is 0 Å². The Morgan fingerprint density at radius 3 is 2.59 bits per heavy atom. The number of carbonyl (C=O) groups excluding carboxylic acids is 1. The summed E-state index contributed by atoms with van der Waals surface area (Å²) in [6, 6.07) is 13.1. The minimum atomic E-state index is -4.34. The number of fused-ring (bicyclic) bond motifs is 1. The molecule has 4 rings (SSSR count). The van der Waals surface area contributed by atoms with Crippen molar-refractivity contribution < 1.29 is 18.0 Å². The number of aromatic nitrogens is 2. The number of hydrogen-bond acceptors (Lipinski definition) is 3. The number of thioether (sulfide) groups is 1. The molecule has 8 heteroatoms. The highest BCUT2D eigenvalue weighted by molar-refractivity contribution is 8.00. The third-order valence-electron chi connectivity index (χ3n) is 4.57. The Bertz CT molecular complexity index is 935. The molecule has 1 saturated heterocycles. The summed E-state index contributed by atoms with van der Waals surface area (Å²) in [4.78, 5) is 22.6. The van der Waals surface area contributed by atoms with Crippen LogP contribution in [0.15, 0.2) is 53.4 Å². The third kappa shape index (κ3) is 3.80. The second-order valence-electron chi connectivity index (χ2n) is 6.37. The van der Waals surface area contributed by atoms with E-state index < -0.39 is 5.51 Å². The van der Waals surface area contributed by atoms with Crippen molar-refractivity contribution in [2.45, 2.75) is 29.3 Å². The maximum absolute atomic E-state index is 12.9. The SMILES string of the molecule is O=C(c1ccc(SC(F)(F)F)cc1)N1CCC[C@H]1c1nc2ccccc2[nH]1. The van der Waals surface area contributed by atoms with Gasteiger partial charge in [0.2, 0.25) is 0 Å². The number of hydrogen-bond donors (Lipinski definition) is 1. The molecule has 0 radical (unpaired) electrons. The molecule has 0 saturated carbocycles.